The van der Waals surface area contributed by atoms with Gasteiger partial charge in [0.05, 0.1) is 28.9 Å². The van der Waals surface area contributed by atoms with Gasteiger partial charge in [-0.25, -0.2) is 4.98 Å². The quantitative estimate of drug-likeness (QED) is 0.338. The average molecular weight is 522 g/mol. The van der Waals surface area contributed by atoms with Gasteiger partial charge in [0, 0.05) is 31.3 Å². The summed E-state index contributed by atoms with van der Waals surface area (Å²) in [4.78, 5) is 16.8. The molecule has 0 saturated carbocycles. The van der Waals surface area contributed by atoms with Gasteiger partial charge in [-0.05, 0) is 45.6 Å². The molecule has 9 heteroatoms. The number of phenolic OH excluding ortho intramolecular Hbond substituents is 1. The van der Waals surface area contributed by atoms with E-state index in [-0.39, 0.29) is 17.6 Å². The van der Waals surface area contributed by atoms with E-state index in [1.54, 1.807) is 22.8 Å². The van der Waals surface area contributed by atoms with Gasteiger partial charge in [-0.1, -0.05) is 36.4 Å². The van der Waals surface area contributed by atoms with Crippen LogP contribution in [0.25, 0.3) is 16.9 Å². The zero-order valence-electron chi connectivity index (χ0n) is 18.4. The molecule has 8 nitrogen and oxygen atoms in total. The summed E-state index contributed by atoms with van der Waals surface area (Å²) in [6.07, 6.45) is 2.49. The van der Waals surface area contributed by atoms with Gasteiger partial charge in [-0.2, -0.15) is 9.61 Å². The highest BCUT2D eigenvalue weighted by Gasteiger charge is 2.23. The molecule has 0 spiro atoms. The van der Waals surface area contributed by atoms with Crippen LogP contribution in [-0.2, 0) is 22.6 Å². The predicted molar refractivity (Wildman–Crippen MR) is 132 cm³/mol. The molecule has 174 valence electrons. The maximum atomic E-state index is 12.2. The highest BCUT2D eigenvalue weighted by Crippen LogP contribution is 2.31. The monoisotopic (exact) mass is 521 g/mol. The Bertz CT molecular complexity index is 1320. The summed E-state index contributed by atoms with van der Waals surface area (Å²) >= 11 is 3.50. The van der Waals surface area contributed by atoms with Crippen molar-refractivity contribution in [2.75, 3.05) is 18.5 Å². The van der Waals surface area contributed by atoms with Crippen molar-refractivity contribution in [1.29, 1.82) is 0 Å². The second-order valence-electron chi connectivity index (χ2n) is 8.22. The first-order valence-electron chi connectivity index (χ1n) is 11.1. The summed E-state index contributed by atoms with van der Waals surface area (Å²) in [6, 6.07) is 17.1. The minimum atomic E-state index is -0.0364. The number of benzene rings is 2. The number of amides is 1. The lowest BCUT2D eigenvalue weighted by Gasteiger charge is -2.12. The Morgan fingerprint density at radius 2 is 1.91 bits per heavy atom. The van der Waals surface area contributed by atoms with Gasteiger partial charge < -0.3 is 20.5 Å². The lowest BCUT2D eigenvalue weighted by Crippen LogP contribution is -2.30. The second kappa shape index (κ2) is 9.82. The average Bonchev–Trinajstić information content (AvgIpc) is 3.53. The van der Waals surface area contributed by atoms with E-state index in [4.69, 9.17) is 4.74 Å². The first kappa shape index (κ1) is 22.4. The standard InChI is InChI=1S/C25H24BrN5O3/c26-20-14-29-31-23(11-21(30-24(20)31)19-3-1-2-4-22(19)32)27-12-16-5-7-17(8-6-16)13-28-25(33)18-9-10-34-15-18/h1-8,11,14,18,27,32H,9-10,12-13,15H2,(H,28,33). The molecule has 1 aliphatic rings. The lowest BCUT2D eigenvalue weighted by molar-refractivity contribution is -0.125. The van der Waals surface area contributed by atoms with Gasteiger partial charge >= 0.3 is 0 Å². The number of nitrogens with one attached hydrogen (secondary N) is 2. The van der Waals surface area contributed by atoms with Crippen LogP contribution in [0.1, 0.15) is 17.5 Å². The number of aromatic hydroxyl groups is 1. The molecule has 3 heterocycles. The third-order valence-electron chi connectivity index (χ3n) is 5.87. The Morgan fingerprint density at radius 1 is 1.15 bits per heavy atom. The maximum Gasteiger partial charge on any atom is 0.225 e. The fraction of sp³-hybridized carbons (Fsp3) is 0.240. The Hall–Kier alpha value is -3.43. The van der Waals surface area contributed by atoms with Crippen molar-refractivity contribution in [3.63, 3.8) is 0 Å². The topological polar surface area (TPSA) is 101 Å². The van der Waals surface area contributed by atoms with Crippen LogP contribution in [0.4, 0.5) is 5.82 Å². The number of halogens is 1. The molecule has 1 fully saturated rings. The van der Waals surface area contributed by atoms with Crippen LogP contribution in [0.3, 0.4) is 0 Å². The van der Waals surface area contributed by atoms with Crippen molar-refractivity contribution in [2.45, 2.75) is 19.5 Å². The fourth-order valence-corrected chi connectivity index (χ4v) is 4.28. The fourth-order valence-electron chi connectivity index (χ4n) is 3.93. The third-order valence-corrected chi connectivity index (χ3v) is 6.43. The van der Waals surface area contributed by atoms with Crippen LogP contribution < -0.4 is 10.6 Å². The molecule has 1 amide bonds. The Morgan fingerprint density at radius 3 is 2.65 bits per heavy atom. The highest BCUT2D eigenvalue weighted by molar-refractivity contribution is 9.10. The number of nitrogens with zero attached hydrogens (tertiary/aromatic N) is 3. The number of phenols is 1. The smallest absolute Gasteiger partial charge is 0.225 e. The van der Waals surface area contributed by atoms with Gasteiger partial charge in [0.2, 0.25) is 5.91 Å². The predicted octanol–water partition coefficient (Wildman–Crippen LogP) is 4.13. The van der Waals surface area contributed by atoms with Crippen LogP contribution >= 0.6 is 15.9 Å². The van der Waals surface area contributed by atoms with Crippen LogP contribution in [0.15, 0.2) is 65.3 Å². The van der Waals surface area contributed by atoms with E-state index in [0.717, 1.165) is 27.8 Å². The molecule has 0 radical (unpaired) electrons. The first-order valence-corrected chi connectivity index (χ1v) is 11.9. The molecular weight excluding hydrogens is 498 g/mol. The van der Waals surface area contributed by atoms with Gasteiger partial charge in [0.1, 0.15) is 11.6 Å². The molecule has 1 aliphatic heterocycles. The van der Waals surface area contributed by atoms with Gasteiger partial charge in [-0.3, -0.25) is 4.79 Å². The van der Waals surface area contributed by atoms with E-state index in [1.807, 2.05) is 42.5 Å². The molecule has 0 bridgehead atoms. The van der Waals surface area contributed by atoms with Gasteiger partial charge in [0.15, 0.2) is 5.65 Å². The summed E-state index contributed by atoms with van der Waals surface area (Å²) in [5, 5.41) is 21.1. The molecule has 5 rings (SSSR count). The summed E-state index contributed by atoms with van der Waals surface area (Å²) in [5.41, 5.74) is 4.08. The molecule has 34 heavy (non-hydrogen) atoms. The van der Waals surface area contributed by atoms with Crippen molar-refractivity contribution in [1.82, 2.24) is 19.9 Å². The number of anilines is 1. The summed E-state index contributed by atoms with van der Waals surface area (Å²) in [5.74, 6) is 0.939. The second-order valence-corrected chi connectivity index (χ2v) is 9.07. The SMILES string of the molecule is O=C(NCc1ccc(CNc2cc(-c3ccccc3O)nc3c(Br)cnn23)cc1)C1CCOC1. The molecule has 4 aromatic rings. The van der Waals surface area contributed by atoms with Crippen molar-refractivity contribution >= 4 is 33.3 Å². The molecule has 1 atom stereocenters. The number of para-hydroxylation sites is 1. The van der Waals surface area contributed by atoms with Crippen LogP contribution in [-0.4, -0.2) is 38.8 Å². The molecular formula is C25H24BrN5O3. The van der Waals surface area contributed by atoms with E-state index in [1.165, 1.54) is 0 Å². The number of ether oxygens (including phenoxy) is 1. The summed E-state index contributed by atoms with van der Waals surface area (Å²) in [7, 11) is 0. The number of carbonyl (C=O) groups excluding carboxylic acids is 1. The first-order chi connectivity index (χ1) is 16.6. The Balaban J connectivity index is 1.29. The van der Waals surface area contributed by atoms with Crippen LogP contribution in [0, 0.1) is 5.92 Å². The van der Waals surface area contributed by atoms with Crippen molar-refractivity contribution < 1.29 is 14.6 Å². The van der Waals surface area contributed by atoms with Crippen molar-refractivity contribution in [3.05, 3.63) is 76.4 Å². The summed E-state index contributed by atoms with van der Waals surface area (Å²) < 4.78 is 7.78. The zero-order valence-corrected chi connectivity index (χ0v) is 20.0. The Labute approximate surface area is 205 Å². The molecule has 2 aromatic carbocycles. The van der Waals surface area contributed by atoms with E-state index in [0.29, 0.717) is 43.2 Å². The van der Waals surface area contributed by atoms with E-state index in [9.17, 15) is 9.90 Å². The largest absolute Gasteiger partial charge is 0.507 e. The van der Waals surface area contributed by atoms with Gasteiger partial charge in [-0.15, -0.1) is 0 Å². The molecule has 1 saturated heterocycles. The number of aromatic nitrogens is 3. The summed E-state index contributed by atoms with van der Waals surface area (Å²) in [6.45, 7) is 2.24. The minimum absolute atomic E-state index is 0.0364. The number of hydrogen-bond acceptors (Lipinski definition) is 6. The molecule has 1 unspecified atom stereocenters. The number of fused-ring (bicyclic) bond motifs is 1. The number of hydrogen-bond donors (Lipinski definition) is 3. The molecule has 2 aromatic heterocycles. The number of rotatable bonds is 7. The van der Waals surface area contributed by atoms with E-state index < -0.39 is 0 Å². The Kier molecular flexibility index (Phi) is 6.46. The lowest BCUT2D eigenvalue weighted by atomic mass is 10.1. The molecule has 3 N–H and O–H groups in total. The van der Waals surface area contributed by atoms with Crippen molar-refractivity contribution in [2.24, 2.45) is 5.92 Å². The van der Waals surface area contributed by atoms with Gasteiger partial charge in [0.25, 0.3) is 0 Å². The highest BCUT2D eigenvalue weighted by atomic mass is 79.9. The normalized spacial score (nSPS) is 15.5. The van der Waals surface area contributed by atoms with Crippen LogP contribution in [0.2, 0.25) is 0 Å². The zero-order chi connectivity index (χ0) is 23.5. The van der Waals surface area contributed by atoms with Crippen molar-refractivity contribution in [3.8, 4) is 17.0 Å². The minimum Gasteiger partial charge on any atom is -0.507 e. The van der Waals surface area contributed by atoms with E-state index >= 15 is 0 Å². The third kappa shape index (κ3) is 4.76. The molecule has 0 aliphatic carbocycles. The van der Waals surface area contributed by atoms with E-state index in [2.05, 4.69) is 36.6 Å². The maximum absolute atomic E-state index is 12.2. The number of carbonyl (C=O) groups is 1. The van der Waals surface area contributed by atoms with Crippen LogP contribution in [0.5, 0.6) is 5.75 Å².